The maximum atomic E-state index is 11.5. The number of nitrogens with zero attached hydrogens (tertiary/aromatic N) is 1. The van der Waals surface area contributed by atoms with Crippen molar-refractivity contribution >= 4 is 21.6 Å². The summed E-state index contributed by atoms with van der Waals surface area (Å²) in [6.45, 7) is 1.59. The van der Waals surface area contributed by atoms with Gasteiger partial charge in [0.25, 0.3) is 0 Å². The highest BCUT2D eigenvalue weighted by Crippen LogP contribution is 2.13. The van der Waals surface area contributed by atoms with Gasteiger partial charge in [-0.2, -0.15) is 0 Å². The van der Waals surface area contributed by atoms with Gasteiger partial charge in [0.15, 0.2) is 0 Å². The van der Waals surface area contributed by atoms with Gasteiger partial charge in [-0.25, -0.2) is 13.1 Å². The second-order valence-electron chi connectivity index (χ2n) is 3.99. The topological polar surface area (TPSA) is 49.4 Å². The van der Waals surface area contributed by atoms with Gasteiger partial charge in [-0.15, -0.1) is 11.6 Å². The summed E-state index contributed by atoms with van der Waals surface area (Å²) in [7, 11) is -1.08. The third kappa shape index (κ3) is 4.68. The van der Waals surface area contributed by atoms with Crippen LogP contribution in [0.4, 0.5) is 0 Å². The molecule has 1 rings (SSSR count). The molecule has 0 bridgehead atoms. The minimum atomic E-state index is -3.12. The van der Waals surface area contributed by atoms with Crippen molar-refractivity contribution in [2.75, 3.05) is 31.8 Å². The molecule has 6 heteroatoms. The fourth-order valence-electron chi connectivity index (χ4n) is 1.78. The lowest BCUT2D eigenvalue weighted by atomic mass is 10.2. The van der Waals surface area contributed by atoms with Gasteiger partial charge in [-0.3, -0.25) is 0 Å². The van der Waals surface area contributed by atoms with Crippen molar-refractivity contribution in [2.24, 2.45) is 0 Å². The summed E-state index contributed by atoms with van der Waals surface area (Å²) in [4.78, 5) is 2.20. The second-order valence-corrected chi connectivity index (χ2v) is 6.29. The molecule has 0 radical (unpaired) electrons. The zero-order chi connectivity index (χ0) is 11.3. The minimum absolute atomic E-state index is 0.132. The van der Waals surface area contributed by atoms with Crippen molar-refractivity contribution in [3.8, 4) is 0 Å². The summed E-state index contributed by atoms with van der Waals surface area (Å²) in [6, 6.07) is 0.357. The maximum absolute atomic E-state index is 11.5. The molecule has 1 fully saturated rings. The first-order chi connectivity index (χ1) is 7.05. The minimum Gasteiger partial charge on any atom is -0.302 e. The Morgan fingerprint density at radius 2 is 2.27 bits per heavy atom. The van der Waals surface area contributed by atoms with E-state index in [0.29, 0.717) is 24.9 Å². The average molecular weight is 255 g/mol. The van der Waals surface area contributed by atoms with E-state index < -0.39 is 10.0 Å². The summed E-state index contributed by atoms with van der Waals surface area (Å²) in [5, 5.41) is 0. The molecule has 0 aliphatic carbocycles. The summed E-state index contributed by atoms with van der Waals surface area (Å²) >= 11 is 5.46. The van der Waals surface area contributed by atoms with E-state index in [4.69, 9.17) is 11.6 Å². The molecule has 0 spiro atoms. The average Bonchev–Trinajstić information content (AvgIpc) is 2.58. The first-order valence-electron chi connectivity index (χ1n) is 5.29. The molecule has 15 heavy (non-hydrogen) atoms. The van der Waals surface area contributed by atoms with E-state index in [0.717, 1.165) is 19.4 Å². The highest BCUT2D eigenvalue weighted by Gasteiger charge is 2.22. The SMILES string of the molecule is CN1CCCC1CNS(=O)(=O)CCCCl. The lowest BCUT2D eigenvalue weighted by Gasteiger charge is -2.19. The molecule has 1 N–H and O–H groups in total. The zero-order valence-corrected chi connectivity index (χ0v) is 10.6. The molecule has 1 aliphatic heterocycles. The monoisotopic (exact) mass is 254 g/mol. The highest BCUT2D eigenvalue weighted by molar-refractivity contribution is 7.89. The van der Waals surface area contributed by atoms with Crippen molar-refractivity contribution in [3.63, 3.8) is 0 Å². The van der Waals surface area contributed by atoms with Crippen LogP contribution in [0.5, 0.6) is 0 Å². The van der Waals surface area contributed by atoms with Crippen molar-refractivity contribution < 1.29 is 8.42 Å². The van der Waals surface area contributed by atoms with Crippen molar-refractivity contribution in [1.29, 1.82) is 0 Å². The van der Waals surface area contributed by atoms with E-state index in [1.54, 1.807) is 0 Å². The van der Waals surface area contributed by atoms with Gasteiger partial charge in [-0.05, 0) is 32.9 Å². The largest absolute Gasteiger partial charge is 0.302 e. The Kier molecular flexibility index (Phi) is 5.32. The summed E-state index contributed by atoms with van der Waals surface area (Å²) in [5.74, 6) is 0.525. The third-order valence-electron chi connectivity index (χ3n) is 2.76. The predicted octanol–water partition coefficient (Wildman–Crippen LogP) is 0.629. The molecule has 1 unspecified atom stereocenters. The smallest absolute Gasteiger partial charge is 0.211 e. The normalized spacial score (nSPS) is 23.5. The number of hydrogen-bond acceptors (Lipinski definition) is 3. The third-order valence-corrected chi connectivity index (χ3v) is 4.46. The number of halogens is 1. The molecule has 1 aliphatic rings. The van der Waals surface area contributed by atoms with E-state index in [1.165, 1.54) is 0 Å². The van der Waals surface area contributed by atoms with Crippen LogP contribution in [-0.2, 0) is 10.0 Å². The number of alkyl halides is 1. The first kappa shape index (κ1) is 13.2. The predicted molar refractivity (Wildman–Crippen MR) is 62.8 cm³/mol. The lowest BCUT2D eigenvalue weighted by molar-refractivity contribution is 0.311. The summed E-state index contributed by atoms with van der Waals surface area (Å²) in [5.41, 5.74) is 0. The van der Waals surface area contributed by atoms with Crippen LogP contribution < -0.4 is 4.72 Å². The van der Waals surface area contributed by atoms with E-state index >= 15 is 0 Å². The second kappa shape index (κ2) is 6.03. The first-order valence-corrected chi connectivity index (χ1v) is 7.47. The molecule has 0 aromatic rings. The number of nitrogens with one attached hydrogen (secondary N) is 1. The van der Waals surface area contributed by atoms with Crippen LogP contribution in [0.15, 0.2) is 0 Å². The van der Waals surface area contributed by atoms with E-state index in [9.17, 15) is 8.42 Å². The lowest BCUT2D eigenvalue weighted by Crippen LogP contribution is -2.39. The molecule has 0 amide bonds. The zero-order valence-electron chi connectivity index (χ0n) is 9.08. The maximum Gasteiger partial charge on any atom is 0.211 e. The van der Waals surface area contributed by atoms with Crippen LogP contribution in [0.25, 0.3) is 0 Å². The van der Waals surface area contributed by atoms with Gasteiger partial charge in [0.2, 0.25) is 10.0 Å². The van der Waals surface area contributed by atoms with Gasteiger partial charge >= 0.3 is 0 Å². The molecule has 4 nitrogen and oxygen atoms in total. The van der Waals surface area contributed by atoms with Gasteiger partial charge in [0.05, 0.1) is 5.75 Å². The summed E-state index contributed by atoms with van der Waals surface area (Å²) < 4.78 is 25.6. The number of likely N-dealkylation sites (tertiary alicyclic amines) is 1. The van der Waals surface area contributed by atoms with Gasteiger partial charge < -0.3 is 4.90 Å². The Morgan fingerprint density at radius 3 is 2.80 bits per heavy atom. The highest BCUT2D eigenvalue weighted by atomic mass is 35.5. The number of sulfonamides is 1. The molecular weight excluding hydrogens is 236 g/mol. The molecular formula is C9H19ClN2O2S. The number of rotatable bonds is 6. The number of hydrogen-bond donors (Lipinski definition) is 1. The molecule has 0 saturated carbocycles. The van der Waals surface area contributed by atoms with Crippen molar-refractivity contribution in [1.82, 2.24) is 9.62 Å². The fourth-order valence-corrected chi connectivity index (χ4v) is 3.18. The number of likely N-dealkylation sites (N-methyl/N-ethyl adjacent to an activating group) is 1. The van der Waals surface area contributed by atoms with E-state index in [-0.39, 0.29) is 5.75 Å². The van der Waals surface area contributed by atoms with Crippen molar-refractivity contribution in [3.05, 3.63) is 0 Å². The molecule has 0 aromatic carbocycles. The summed E-state index contributed by atoms with van der Waals surface area (Å²) in [6.07, 6.45) is 2.75. The molecule has 1 atom stereocenters. The van der Waals surface area contributed by atoms with Crippen molar-refractivity contribution in [2.45, 2.75) is 25.3 Å². The Hall–Kier alpha value is 0.160. The van der Waals surface area contributed by atoms with Crippen LogP contribution in [0.2, 0.25) is 0 Å². The Labute approximate surface area is 97.0 Å². The Bertz CT molecular complexity index is 282. The fraction of sp³-hybridized carbons (Fsp3) is 1.00. The van der Waals surface area contributed by atoms with Crippen LogP contribution >= 0.6 is 11.6 Å². The van der Waals surface area contributed by atoms with Gasteiger partial charge in [0.1, 0.15) is 0 Å². The molecule has 1 saturated heterocycles. The molecule has 1 heterocycles. The van der Waals surface area contributed by atoms with Crippen LogP contribution in [0.3, 0.4) is 0 Å². The quantitative estimate of drug-likeness (QED) is 0.708. The van der Waals surface area contributed by atoms with Gasteiger partial charge in [0, 0.05) is 18.5 Å². The van der Waals surface area contributed by atoms with E-state index in [1.807, 2.05) is 7.05 Å². The van der Waals surface area contributed by atoms with Crippen LogP contribution in [0, 0.1) is 0 Å². The molecule has 90 valence electrons. The standard InChI is InChI=1S/C9H19ClN2O2S/c1-12-6-2-4-9(12)8-11-15(13,14)7-3-5-10/h9,11H,2-8H2,1H3. The molecule has 0 aromatic heterocycles. The Balaban J connectivity index is 2.29. The van der Waals surface area contributed by atoms with Crippen LogP contribution in [0.1, 0.15) is 19.3 Å². The van der Waals surface area contributed by atoms with Crippen LogP contribution in [-0.4, -0.2) is 51.1 Å². The Morgan fingerprint density at radius 1 is 1.53 bits per heavy atom. The van der Waals surface area contributed by atoms with Gasteiger partial charge in [-0.1, -0.05) is 0 Å². The van der Waals surface area contributed by atoms with E-state index in [2.05, 4.69) is 9.62 Å².